The molecule has 0 aromatic heterocycles. The average molecular weight is 407 g/mol. The summed E-state index contributed by atoms with van der Waals surface area (Å²) in [4.78, 5) is 37.8. The summed E-state index contributed by atoms with van der Waals surface area (Å²) in [5.74, 6) is -1.43. The molecule has 1 heterocycles. The van der Waals surface area contributed by atoms with Gasteiger partial charge < -0.3 is 9.84 Å². The second kappa shape index (κ2) is 7.30. The molecule has 0 spiro atoms. The number of phenolic OH excluding ortho intramolecular Hbond substituents is 1. The predicted octanol–water partition coefficient (Wildman–Crippen LogP) is 3.37. The first-order valence-corrected chi connectivity index (χ1v) is 8.31. The van der Waals surface area contributed by atoms with Crippen molar-refractivity contribution in [2.45, 2.75) is 0 Å². The van der Waals surface area contributed by atoms with E-state index in [1.807, 2.05) is 0 Å². The fourth-order valence-corrected chi connectivity index (χ4v) is 3.18. The van der Waals surface area contributed by atoms with Gasteiger partial charge in [-0.2, -0.15) is 0 Å². The van der Waals surface area contributed by atoms with E-state index in [0.29, 0.717) is 5.56 Å². The van der Waals surface area contributed by atoms with Gasteiger partial charge in [0.1, 0.15) is 11.3 Å². The number of carbonyl (C=O) groups is 3. The number of barbiturate groups is 1. The number of anilines is 1. The van der Waals surface area contributed by atoms with Gasteiger partial charge >= 0.3 is 6.03 Å². The zero-order valence-electron chi connectivity index (χ0n) is 13.8. The summed E-state index contributed by atoms with van der Waals surface area (Å²) in [7, 11) is 1.41. The number of phenols is 1. The van der Waals surface area contributed by atoms with Crippen LogP contribution in [0.2, 0.25) is 10.0 Å². The van der Waals surface area contributed by atoms with Gasteiger partial charge in [-0.3, -0.25) is 14.9 Å². The molecule has 2 aromatic carbocycles. The quantitative estimate of drug-likeness (QED) is 0.601. The Hall–Kier alpha value is -3.03. The smallest absolute Gasteiger partial charge is 0.335 e. The molecule has 0 saturated carbocycles. The van der Waals surface area contributed by atoms with E-state index in [0.717, 1.165) is 4.90 Å². The van der Waals surface area contributed by atoms with E-state index < -0.39 is 17.8 Å². The molecule has 1 aliphatic rings. The fourth-order valence-electron chi connectivity index (χ4n) is 2.52. The van der Waals surface area contributed by atoms with Gasteiger partial charge in [-0.1, -0.05) is 23.2 Å². The summed E-state index contributed by atoms with van der Waals surface area (Å²) in [6, 6.07) is 7.45. The number of aromatic hydroxyl groups is 1. The number of imide groups is 2. The first-order chi connectivity index (χ1) is 12.8. The number of hydrogen-bond acceptors (Lipinski definition) is 5. The molecule has 3 rings (SSSR count). The van der Waals surface area contributed by atoms with Gasteiger partial charge in [0, 0.05) is 0 Å². The predicted molar refractivity (Wildman–Crippen MR) is 100 cm³/mol. The van der Waals surface area contributed by atoms with Crippen molar-refractivity contribution in [2.24, 2.45) is 0 Å². The highest BCUT2D eigenvalue weighted by Crippen LogP contribution is 2.34. The number of hydrogen-bond donors (Lipinski definition) is 2. The lowest BCUT2D eigenvalue weighted by Crippen LogP contribution is -2.54. The topological polar surface area (TPSA) is 95.9 Å². The first-order valence-electron chi connectivity index (χ1n) is 7.55. The van der Waals surface area contributed by atoms with E-state index in [2.05, 4.69) is 5.32 Å². The number of methoxy groups -OCH3 is 1. The maximum atomic E-state index is 12.8. The van der Waals surface area contributed by atoms with Crippen molar-refractivity contribution < 1.29 is 24.2 Å². The highest BCUT2D eigenvalue weighted by atomic mass is 35.5. The number of nitrogens with zero attached hydrogens (tertiary/aromatic N) is 1. The molecular weight excluding hydrogens is 395 g/mol. The Morgan fingerprint density at radius 3 is 2.22 bits per heavy atom. The van der Waals surface area contributed by atoms with Crippen LogP contribution in [-0.2, 0) is 9.59 Å². The minimum Gasteiger partial charge on any atom is -0.508 e. The van der Waals surface area contributed by atoms with Crippen LogP contribution in [0, 0.1) is 0 Å². The van der Waals surface area contributed by atoms with Crippen LogP contribution < -0.4 is 15.0 Å². The second-order valence-electron chi connectivity index (χ2n) is 5.49. The molecule has 2 aromatic rings. The number of amides is 4. The third kappa shape index (κ3) is 3.60. The van der Waals surface area contributed by atoms with Crippen molar-refractivity contribution >= 4 is 52.8 Å². The number of nitrogens with one attached hydrogen (secondary N) is 1. The molecule has 0 aliphatic carbocycles. The normalized spacial score (nSPS) is 15.9. The third-order valence-corrected chi connectivity index (χ3v) is 4.31. The molecule has 7 nitrogen and oxygen atoms in total. The van der Waals surface area contributed by atoms with Crippen LogP contribution in [0.15, 0.2) is 42.0 Å². The number of halogens is 2. The van der Waals surface area contributed by atoms with Crippen LogP contribution in [0.25, 0.3) is 6.08 Å². The number of ether oxygens (including phenoxy) is 1. The molecule has 0 bridgehead atoms. The van der Waals surface area contributed by atoms with E-state index in [4.69, 9.17) is 27.9 Å². The van der Waals surface area contributed by atoms with Gasteiger partial charge in [0.15, 0.2) is 5.75 Å². The number of rotatable bonds is 3. The standard InChI is InChI=1S/C18H12Cl2N2O5/c1-27-15-13(19)7-9(8-14(15)20)6-12-16(24)21-18(26)22(17(12)25)10-2-4-11(23)5-3-10/h2-8,23H,1H3,(H,21,24,26)/b12-6+. The Bertz CT molecular complexity index is 963. The van der Waals surface area contributed by atoms with Crippen molar-refractivity contribution in [3.05, 3.63) is 57.6 Å². The van der Waals surface area contributed by atoms with Gasteiger partial charge in [0.25, 0.3) is 11.8 Å². The van der Waals surface area contributed by atoms with Crippen molar-refractivity contribution in [1.29, 1.82) is 0 Å². The highest BCUT2D eigenvalue weighted by molar-refractivity contribution is 6.40. The van der Waals surface area contributed by atoms with Crippen LogP contribution >= 0.6 is 23.2 Å². The van der Waals surface area contributed by atoms with Crippen LogP contribution in [0.3, 0.4) is 0 Å². The van der Waals surface area contributed by atoms with Gasteiger partial charge in [0.2, 0.25) is 0 Å². The SMILES string of the molecule is COc1c(Cl)cc(/C=C2\C(=O)NC(=O)N(c3ccc(O)cc3)C2=O)cc1Cl. The van der Waals surface area contributed by atoms with E-state index in [-0.39, 0.29) is 32.8 Å². The molecule has 27 heavy (non-hydrogen) atoms. The van der Waals surface area contributed by atoms with Gasteiger partial charge in [-0.25, -0.2) is 9.69 Å². The number of benzene rings is 2. The van der Waals surface area contributed by atoms with Gasteiger partial charge in [-0.05, 0) is 48.0 Å². The summed E-state index contributed by atoms with van der Waals surface area (Å²) >= 11 is 12.2. The molecule has 0 radical (unpaired) electrons. The van der Waals surface area contributed by atoms with Crippen molar-refractivity contribution in [3.8, 4) is 11.5 Å². The molecule has 1 aliphatic heterocycles. The lowest BCUT2D eigenvalue weighted by molar-refractivity contribution is -0.122. The lowest BCUT2D eigenvalue weighted by Gasteiger charge is -2.26. The van der Waals surface area contributed by atoms with Crippen molar-refractivity contribution in [1.82, 2.24) is 5.32 Å². The fraction of sp³-hybridized carbons (Fsp3) is 0.0556. The molecule has 9 heteroatoms. The number of carbonyl (C=O) groups excluding carboxylic acids is 3. The lowest BCUT2D eigenvalue weighted by atomic mass is 10.1. The van der Waals surface area contributed by atoms with Gasteiger partial charge in [-0.15, -0.1) is 0 Å². The second-order valence-corrected chi connectivity index (χ2v) is 6.31. The third-order valence-electron chi connectivity index (χ3n) is 3.75. The van der Waals surface area contributed by atoms with Crippen molar-refractivity contribution in [3.63, 3.8) is 0 Å². The molecule has 1 fully saturated rings. The largest absolute Gasteiger partial charge is 0.508 e. The Morgan fingerprint density at radius 1 is 1.07 bits per heavy atom. The molecule has 0 atom stereocenters. The Morgan fingerprint density at radius 2 is 1.67 bits per heavy atom. The van der Waals surface area contributed by atoms with E-state index in [1.165, 1.54) is 49.6 Å². The summed E-state index contributed by atoms with van der Waals surface area (Å²) in [5, 5.41) is 11.9. The maximum absolute atomic E-state index is 12.8. The molecule has 4 amide bonds. The minimum atomic E-state index is -0.890. The molecule has 1 saturated heterocycles. The molecular formula is C18H12Cl2N2O5. The average Bonchev–Trinajstić information content (AvgIpc) is 2.60. The Labute approximate surface area is 163 Å². The van der Waals surface area contributed by atoms with Crippen molar-refractivity contribution in [2.75, 3.05) is 12.0 Å². The monoisotopic (exact) mass is 406 g/mol. The van der Waals surface area contributed by atoms with Crippen LogP contribution in [-0.4, -0.2) is 30.1 Å². The Balaban J connectivity index is 2.03. The maximum Gasteiger partial charge on any atom is 0.335 e. The zero-order chi connectivity index (χ0) is 19.7. The summed E-state index contributed by atoms with van der Waals surface area (Å²) in [6.07, 6.45) is 1.27. The van der Waals surface area contributed by atoms with Crippen LogP contribution in [0.5, 0.6) is 11.5 Å². The summed E-state index contributed by atoms with van der Waals surface area (Å²) in [6.45, 7) is 0. The molecule has 2 N–H and O–H groups in total. The van der Waals surface area contributed by atoms with Crippen LogP contribution in [0.4, 0.5) is 10.5 Å². The molecule has 0 unspecified atom stereocenters. The van der Waals surface area contributed by atoms with E-state index in [9.17, 15) is 19.5 Å². The van der Waals surface area contributed by atoms with Gasteiger partial charge in [0.05, 0.1) is 22.8 Å². The number of urea groups is 1. The minimum absolute atomic E-state index is 0.0297. The summed E-state index contributed by atoms with van der Waals surface area (Å²) < 4.78 is 5.06. The van der Waals surface area contributed by atoms with E-state index in [1.54, 1.807) is 0 Å². The summed E-state index contributed by atoms with van der Waals surface area (Å²) in [5.41, 5.74) is 0.295. The first kappa shape index (κ1) is 18.8. The van der Waals surface area contributed by atoms with Crippen LogP contribution in [0.1, 0.15) is 5.56 Å². The zero-order valence-corrected chi connectivity index (χ0v) is 15.3. The Kier molecular flexibility index (Phi) is 5.07. The highest BCUT2D eigenvalue weighted by Gasteiger charge is 2.36. The molecule has 138 valence electrons. The van der Waals surface area contributed by atoms with E-state index >= 15 is 0 Å².